The zero-order valence-corrected chi connectivity index (χ0v) is 11.2. The van der Waals surface area contributed by atoms with Gasteiger partial charge in [0.25, 0.3) is 0 Å². The summed E-state index contributed by atoms with van der Waals surface area (Å²) in [4.78, 5) is 12.2. The van der Waals surface area contributed by atoms with Crippen LogP contribution in [-0.2, 0) is 4.79 Å². The van der Waals surface area contributed by atoms with E-state index < -0.39 is 0 Å². The first-order valence-corrected chi connectivity index (χ1v) is 6.52. The molecule has 0 amide bonds. The van der Waals surface area contributed by atoms with Gasteiger partial charge in [-0.2, -0.15) is 0 Å². The maximum Gasteiger partial charge on any atom is 0.139 e. The van der Waals surface area contributed by atoms with Crippen LogP contribution in [0.4, 0.5) is 0 Å². The zero-order chi connectivity index (χ0) is 12.1. The molecule has 0 aromatic carbocycles. The van der Waals surface area contributed by atoms with Crippen LogP contribution in [0.2, 0.25) is 0 Å². The van der Waals surface area contributed by atoms with Crippen molar-refractivity contribution in [1.82, 2.24) is 0 Å². The van der Waals surface area contributed by atoms with Crippen molar-refractivity contribution in [2.24, 2.45) is 29.1 Å². The number of Topliss-reactive ketones (excluding diaryl/α,β-unsaturated/α-hetero) is 1. The molecule has 16 heavy (non-hydrogen) atoms. The van der Waals surface area contributed by atoms with Crippen LogP contribution in [0.25, 0.3) is 0 Å². The molecule has 2 aliphatic carbocycles. The number of rotatable bonds is 2. The van der Waals surface area contributed by atoms with Gasteiger partial charge in [-0.15, -0.1) is 0 Å². The molecule has 4 unspecified atom stereocenters. The van der Waals surface area contributed by atoms with Gasteiger partial charge < -0.3 is 0 Å². The van der Waals surface area contributed by atoms with Gasteiger partial charge in [0.2, 0.25) is 0 Å². The van der Waals surface area contributed by atoms with E-state index in [4.69, 9.17) is 0 Å². The van der Waals surface area contributed by atoms with Crippen molar-refractivity contribution in [1.29, 1.82) is 0 Å². The first kappa shape index (κ1) is 11.9. The Morgan fingerprint density at radius 1 is 1.44 bits per heavy atom. The van der Waals surface area contributed by atoms with E-state index in [1.165, 1.54) is 5.57 Å². The molecule has 2 fully saturated rings. The number of ketones is 1. The summed E-state index contributed by atoms with van der Waals surface area (Å²) in [5.74, 6) is 2.57. The van der Waals surface area contributed by atoms with Gasteiger partial charge in [0.05, 0.1) is 0 Å². The van der Waals surface area contributed by atoms with Gasteiger partial charge >= 0.3 is 0 Å². The second-order valence-corrected chi connectivity index (χ2v) is 6.62. The molecule has 0 aromatic rings. The fourth-order valence-electron chi connectivity index (χ4n) is 3.70. The van der Waals surface area contributed by atoms with Gasteiger partial charge in [-0.25, -0.2) is 0 Å². The van der Waals surface area contributed by atoms with E-state index in [0.717, 1.165) is 18.8 Å². The predicted octanol–water partition coefficient (Wildman–Crippen LogP) is 3.84. The van der Waals surface area contributed by atoms with Gasteiger partial charge in [-0.1, -0.05) is 32.4 Å². The summed E-state index contributed by atoms with van der Waals surface area (Å²) in [6, 6.07) is 0. The summed E-state index contributed by atoms with van der Waals surface area (Å²) < 4.78 is 0. The van der Waals surface area contributed by atoms with Gasteiger partial charge in [0.15, 0.2) is 0 Å². The Labute approximate surface area is 99.3 Å². The van der Waals surface area contributed by atoms with Gasteiger partial charge in [-0.3, -0.25) is 4.79 Å². The van der Waals surface area contributed by atoms with E-state index in [9.17, 15) is 4.79 Å². The van der Waals surface area contributed by atoms with E-state index in [2.05, 4.69) is 40.7 Å². The van der Waals surface area contributed by atoms with Crippen LogP contribution in [0.5, 0.6) is 0 Å². The van der Waals surface area contributed by atoms with Crippen LogP contribution in [0.1, 0.15) is 47.5 Å². The summed E-state index contributed by atoms with van der Waals surface area (Å²) in [7, 11) is 0. The predicted molar refractivity (Wildman–Crippen MR) is 67.1 cm³/mol. The molecule has 4 atom stereocenters. The van der Waals surface area contributed by atoms with Crippen LogP contribution in [0.15, 0.2) is 11.6 Å². The summed E-state index contributed by atoms with van der Waals surface area (Å²) in [5, 5.41) is 0. The molecule has 0 aromatic heterocycles. The Balaban J connectivity index is 2.15. The molecule has 1 nitrogen and oxygen atoms in total. The molecular weight excluding hydrogens is 196 g/mol. The van der Waals surface area contributed by atoms with Crippen LogP contribution in [0, 0.1) is 29.1 Å². The lowest BCUT2D eigenvalue weighted by Crippen LogP contribution is -2.28. The summed E-state index contributed by atoms with van der Waals surface area (Å²) in [5.41, 5.74) is 1.75. The van der Waals surface area contributed by atoms with Crippen molar-refractivity contribution in [2.75, 3.05) is 0 Å². The molecular formula is C15H24O. The fraction of sp³-hybridized carbons (Fsp3) is 0.800. The van der Waals surface area contributed by atoms with Crippen molar-refractivity contribution >= 4 is 5.78 Å². The van der Waals surface area contributed by atoms with Crippen molar-refractivity contribution in [3.8, 4) is 0 Å². The zero-order valence-electron chi connectivity index (χ0n) is 11.2. The molecule has 0 aliphatic heterocycles. The van der Waals surface area contributed by atoms with E-state index in [1.807, 2.05) is 0 Å². The number of allylic oxidation sites excluding steroid dienone is 2. The van der Waals surface area contributed by atoms with E-state index in [-0.39, 0.29) is 0 Å². The molecule has 0 saturated heterocycles. The molecule has 1 heteroatoms. The fourth-order valence-corrected chi connectivity index (χ4v) is 3.70. The third-order valence-electron chi connectivity index (χ3n) is 4.81. The highest BCUT2D eigenvalue weighted by atomic mass is 16.1. The highest BCUT2D eigenvalue weighted by Crippen LogP contribution is 2.67. The lowest BCUT2D eigenvalue weighted by atomic mass is 9.79. The van der Waals surface area contributed by atoms with Crippen molar-refractivity contribution in [3.05, 3.63) is 11.6 Å². The Bertz CT molecular complexity index is 333. The largest absolute Gasteiger partial charge is 0.299 e. The lowest BCUT2D eigenvalue weighted by Gasteiger charge is -2.24. The molecule has 2 aliphatic rings. The molecule has 2 saturated carbocycles. The van der Waals surface area contributed by atoms with Crippen LogP contribution < -0.4 is 0 Å². The number of fused-ring (bicyclic) bond motifs is 1. The standard InChI is InChI=1S/C15H24O/c1-9(2)6-7-11-13-12(15(13,4)5)8-10(3)14(11)16/h6,10-13H,7-8H2,1-5H3. The van der Waals surface area contributed by atoms with Crippen molar-refractivity contribution in [2.45, 2.75) is 47.5 Å². The maximum atomic E-state index is 12.2. The second kappa shape index (κ2) is 3.72. The quantitative estimate of drug-likeness (QED) is 0.646. The number of hydrogen-bond donors (Lipinski definition) is 0. The summed E-state index contributed by atoms with van der Waals surface area (Å²) in [6.45, 7) is 11.0. The minimum Gasteiger partial charge on any atom is -0.299 e. The molecule has 90 valence electrons. The Kier molecular flexibility index (Phi) is 2.76. The first-order valence-electron chi connectivity index (χ1n) is 6.52. The smallest absolute Gasteiger partial charge is 0.139 e. The normalized spacial score (nSPS) is 40.2. The third-order valence-corrected chi connectivity index (χ3v) is 4.81. The maximum absolute atomic E-state index is 12.2. The van der Waals surface area contributed by atoms with E-state index in [0.29, 0.717) is 29.0 Å². The van der Waals surface area contributed by atoms with Crippen molar-refractivity contribution < 1.29 is 4.79 Å². The minimum absolute atomic E-state index is 0.290. The molecule has 0 bridgehead atoms. The highest BCUT2D eigenvalue weighted by molar-refractivity contribution is 5.85. The van der Waals surface area contributed by atoms with E-state index in [1.54, 1.807) is 0 Å². The highest BCUT2D eigenvalue weighted by Gasteiger charge is 2.64. The molecule has 0 heterocycles. The average molecular weight is 220 g/mol. The molecule has 0 spiro atoms. The summed E-state index contributed by atoms with van der Waals surface area (Å²) >= 11 is 0. The Hall–Kier alpha value is -0.590. The number of carbonyl (C=O) groups is 1. The number of carbonyl (C=O) groups excluding carboxylic acids is 1. The topological polar surface area (TPSA) is 17.1 Å². The average Bonchev–Trinajstić information content (AvgIpc) is 2.69. The van der Waals surface area contributed by atoms with Crippen LogP contribution >= 0.6 is 0 Å². The Morgan fingerprint density at radius 2 is 2.06 bits per heavy atom. The monoisotopic (exact) mass is 220 g/mol. The SMILES string of the molecule is CC(C)=CCC1C(=O)C(C)CC2C1C2(C)C. The van der Waals surface area contributed by atoms with Crippen LogP contribution in [0.3, 0.4) is 0 Å². The molecule has 0 radical (unpaired) electrons. The van der Waals surface area contributed by atoms with Gasteiger partial charge in [0.1, 0.15) is 5.78 Å². The molecule has 0 N–H and O–H groups in total. The second-order valence-electron chi connectivity index (χ2n) is 6.62. The van der Waals surface area contributed by atoms with E-state index >= 15 is 0 Å². The molecule has 2 rings (SSSR count). The summed E-state index contributed by atoms with van der Waals surface area (Å²) in [6.07, 6.45) is 4.34. The first-order chi connectivity index (χ1) is 7.35. The lowest BCUT2D eigenvalue weighted by molar-refractivity contribution is -0.128. The Morgan fingerprint density at radius 3 is 2.62 bits per heavy atom. The number of hydrogen-bond acceptors (Lipinski definition) is 1. The van der Waals surface area contributed by atoms with Gasteiger partial charge in [-0.05, 0) is 43.9 Å². The minimum atomic E-state index is 0.290. The van der Waals surface area contributed by atoms with Gasteiger partial charge in [0, 0.05) is 11.8 Å². The third kappa shape index (κ3) is 1.74. The van der Waals surface area contributed by atoms with Crippen molar-refractivity contribution in [3.63, 3.8) is 0 Å². The van der Waals surface area contributed by atoms with Crippen LogP contribution in [-0.4, -0.2) is 5.78 Å².